The van der Waals surface area contributed by atoms with Crippen molar-refractivity contribution >= 4 is 70.8 Å². The molecule has 11 amide bonds. The van der Waals surface area contributed by atoms with Crippen LogP contribution in [0.4, 0.5) is 0 Å². The van der Waals surface area contributed by atoms with Crippen LogP contribution < -0.4 is 38.0 Å². The van der Waals surface area contributed by atoms with Crippen molar-refractivity contribution in [1.29, 1.82) is 0 Å². The first-order valence-corrected chi connectivity index (χ1v) is 47.1. The summed E-state index contributed by atoms with van der Waals surface area (Å²) in [5, 5.41) is 48.0. The summed E-state index contributed by atoms with van der Waals surface area (Å²) in [7, 11) is 4.87. The van der Waals surface area contributed by atoms with Gasteiger partial charge in [-0.05, 0) is 166 Å². The van der Waals surface area contributed by atoms with Gasteiger partial charge in [-0.2, -0.15) is 0 Å². The number of amides is 11. The summed E-state index contributed by atoms with van der Waals surface area (Å²) in [5.74, 6) is -3.81. The van der Waals surface area contributed by atoms with Gasteiger partial charge in [0.1, 0.15) is 0 Å². The maximum atomic E-state index is 13.8. The molecule has 0 saturated carbocycles. The van der Waals surface area contributed by atoms with Crippen molar-refractivity contribution in [3.63, 3.8) is 0 Å². The summed E-state index contributed by atoms with van der Waals surface area (Å²) in [4.78, 5) is 163. The van der Waals surface area contributed by atoms with Gasteiger partial charge in [-0.15, -0.1) is 0 Å². The highest BCUT2D eigenvalue weighted by Crippen LogP contribution is 2.23. The molecular formula is C104H148N14O15. The number of primary amides is 1. The minimum Gasteiger partial charge on any atom is -0.390 e. The van der Waals surface area contributed by atoms with Gasteiger partial charge in [0.05, 0.1) is 42.9 Å². The Hall–Kier alpha value is -11.9. The highest BCUT2D eigenvalue weighted by molar-refractivity contribution is 6.07. The second-order valence-corrected chi connectivity index (χ2v) is 35.0. The van der Waals surface area contributed by atoms with Gasteiger partial charge in [-0.3, -0.25) is 73.8 Å². The van der Waals surface area contributed by atoms with Crippen LogP contribution >= 0.6 is 0 Å². The molecule has 7 rings (SSSR count). The number of benzene rings is 7. The Balaban J connectivity index is 0.000000353. The lowest BCUT2D eigenvalue weighted by molar-refractivity contribution is -0.128. The number of unbranched alkanes of at least 4 members (excludes halogenated alkanes) is 1. The van der Waals surface area contributed by atoms with E-state index in [2.05, 4.69) is 39.2 Å². The van der Waals surface area contributed by atoms with Gasteiger partial charge in [0.15, 0.2) is 5.78 Å². The number of nitrogens with zero attached hydrogens (tertiary/aromatic N) is 7. The van der Waals surface area contributed by atoms with Gasteiger partial charge >= 0.3 is 0 Å². The number of carbonyl (C=O) groups excluding carboxylic acids is 12. The summed E-state index contributed by atoms with van der Waals surface area (Å²) >= 11 is 0. The molecule has 0 aliphatic rings. The minimum absolute atomic E-state index is 0.0319. The lowest BCUT2D eigenvalue weighted by atomic mass is 9.98. The third-order valence-corrected chi connectivity index (χ3v) is 21.6. The summed E-state index contributed by atoms with van der Waals surface area (Å²) < 4.78 is 0. The summed E-state index contributed by atoms with van der Waals surface area (Å²) in [5.41, 5.74) is 19.4. The van der Waals surface area contributed by atoms with E-state index in [1.165, 1.54) is 65.4 Å². The smallest absolute Gasteiger partial charge is 0.253 e. The Bertz CT molecular complexity index is 4790. The molecular weight excluding hydrogens is 1690 g/mol. The Morgan fingerprint density at radius 2 is 0.617 bits per heavy atom. The summed E-state index contributed by atoms with van der Waals surface area (Å²) in [6, 6.07) is 48.9. The molecule has 6 atom stereocenters. The molecule has 29 nitrogen and oxygen atoms in total. The van der Waals surface area contributed by atoms with Crippen molar-refractivity contribution in [3.05, 3.63) is 248 Å². The topological polar surface area (TPSA) is 386 Å². The van der Waals surface area contributed by atoms with Crippen LogP contribution in [0.15, 0.2) is 176 Å². The maximum Gasteiger partial charge on any atom is 0.253 e. The fourth-order valence-electron chi connectivity index (χ4n) is 15.1. The molecule has 0 aliphatic carbocycles. The van der Waals surface area contributed by atoms with Gasteiger partial charge in [0.25, 0.3) is 41.4 Å². The number of Topliss-reactive ketones (excluding diaryl/α,β-unsaturated/α-hetero) is 1. The largest absolute Gasteiger partial charge is 0.390 e. The van der Waals surface area contributed by atoms with E-state index in [1.807, 2.05) is 197 Å². The number of carbonyl (C=O) groups is 12. The first-order valence-electron chi connectivity index (χ1n) is 47.1. The number of aliphatic hydroxyl groups excluding tert-OH is 3. The molecule has 6 unspecified atom stereocenters. The molecule has 133 heavy (non-hydrogen) atoms. The summed E-state index contributed by atoms with van der Waals surface area (Å²) in [6.45, 7) is 29.9. The highest BCUT2D eigenvalue weighted by Gasteiger charge is 2.32. The van der Waals surface area contributed by atoms with E-state index in [-0.39, 0.29) is 135 Å². The van der Waals surface area contributed by atoms with Crippen molar-refractivity contribution in [2.24, 2.45) is 17.6 Å². The van der Waals surface area contributed by atoms with Crippen molar-refractivity contribution in [2.75, 3.05) is 93.1 Å². The van der Waals surface area contributed by atoms with Crippen LogP contribution in [-0.2, 0) is 40.1 Å². The van der Waals surface area contributed by atoms with Gasteiger partial charge in [0.2, 0.25) is 23.6 Å². The third-order valence-electron chi connectivity index (χ3n) is 21.6. The van der Waals surface area contributed by atoms with Gasteiger partial charge in [-0.25, -0.2) is 15.0 Å². The molecule has 0 spiro atoms. The second kappa shape index (κ2) is 59.6. The molecule has 0 radical (unpaired) electrons. The average molecular weight is 1830 g/mol. The molecule has 0 aromatic heterocycles. The van der Waals surface area contributed by atoms with Crippen LogP contribution in [0.3, 0.4) is 0 Å². The van der Waals surface area contributed by atoms with Crippen LogP contribution in [0, 0.1) is 11.8 Å². The van der Waals surface area contributed by atoms with E-state index in [1.54, 1.807) is 51.9 Å². The average Bonchev–Trinajstić information content (AvgIpc) is 0.815. The molecule has 0 fully saturated rings. The van der Waals surface area contributed by atoms with Gasteiger partial charge in [-0.1, -0.05) is 211 Å². The Kier molecular flexibility index (Phi) is 50.0. The number of hydrogen-bond acceptors (Lipinski definition) is 18. The van der Waals surface area contributed by atoms with Crippen LogP contribution in [0.25, 0.3) is 0 Å². The Labute approximate surface area is 788 Å². The van der Waals surface area contributed by atoms with Crippen molar-refractivity contribution in [1.82, 2.24) is 66.9 Å². The van der Waals surface area contributed by atoms with E-state index < -0.39 is 60.1 Å². The van der Waals surface area contributed by atoms with Gasteiger partial charge < -0.3 is 56.6 Å². The monoisotopic (exact) mass is 1830 g/mol. The zero-order chi connectivity index (χ0) is 98.2. The molecule has 7 aromatic rings. The fraction of sp³-hybridized carbons (Fsp3) is 0.481. The number of ketones is 1. The molecule has 724 valence electrons. The number of hydrogen-bond donors (Lipinski definition) is 10. The van der Waals surface area contributed by atoms with E-state index in [4.69, 9.17) is 5.73 Å². The van der Waals surface area contributed by atoms with Crippen LogP contribution in [0.1, 0.15) is 276 Å². The number of nitrogens with two attached hydrogens (primary N) is 1. The maximum absolute atomic E-state index is 13.8. The highest BCUT2D eigenvalue weighted by atomic mass is 16.3. The molecule has 0 bridgehead atoms. The van der Waals surface area contributed by atoms with E-state index >= 15 is 0 Å². The van der Waals surface area contributed by atoms with Crippen LogP contribution in [0.2, 0.25) is 0 Å². The predicted molar refractivity (Wildman–Crippen MR) is 522 cm³/mol. The Morgan fingerprint density at radius 1 is 0.331 bits per heavy atom. The molecule has 7 aromatic carbocycles. The van der Waals surface area contributed by atoms with Gasteiger partial charge in [0, 0.05) is 156 Å². The first kappa shape index (κ1) is 112. The van der Waals surface area contributed by atoms with E-state index in [9.17, 15) is 72.9 Å². The minimum atomic E-state index is -1.08. The van der Waals surface area contributed by atoms with Crippen LogP contribution in [0.5, 0.6) is 0 Å². The molecule has 0 saturated heterocycles. The SMILES string of the molecule is CCCCN(CC(O)C(Cc1ccccc1)NC(=O)c1cc(C(C)=O)cc(C(=O)N(CCC)CCC)c1)NC(=O)CC(C)C.CCCN(CC(O)C(Cc1ccccc1)NC(=O)c1cc(C(N)=O)cc(C(=O)N(CCC)CCC)c1)NC(=O)CC(C)C.CCCN(CCC)C(=O)c1cc(C(=O)NC(Cc2ccccc2)C(O)CN(C)NC(=O)Cc2ccccc2)cc(C(=O)N(C)C)c1. The Morgan fingerprint density at radius 3 is 0.925 bits per heavy atom. The van der Waals surface area contributed by atoms with Crippen LogP contribution in [-0.4, -0.2) is 250 Å². The number of aliphatic hydroxyl groups is 3. The fourth-order valence-corrected chi connectivity index (χ4v) is 15.1. The van der Waals surface area contributed by atoms with E-state index in [0.717, 1.165) is 80.0 Å². The van der Waals surface area contributed by atoms with E-state index in [0.29, 0.717) is 84.5 Å². The lowest BCUT2D eigenvalue weighted by Gasteiger charge is -2.31. The predicted octanol–water partition coefficient (Wildman–Crippen LogP) is 12.1. The summed E-state index contributed by atoms with van der Waals surface area (Å²) in [6.07, 6.45) is 5.84. The third kappa shape index (κ3) is 39.8. The van der Waals surface area contributed by atoms with Crippen molar-refractivity contribution < 1.29 is 72.9 Å². The number of likely N-dealkylation sites (N-methyl/N-ethyl adjacent to an activating group) is 1. The molecule has 11 N–H and O–H groups in total. The number of hydrazine groups is 3. The van der Waals surface area contributed by atoms with Crippen molar-refractivity contribution in [3.8, 4) is 0 Å². The quantitative estimate of drug-likeness (QED) is 0.0125. The first-order chi connectivity index (χ1) is 63.5. The van der Waals surface area contributed by atoms with Crippen molar-refractivity contribution in [2.45, 2.75) is 223 Å². The number of nitrogens with one attached hydrogen (secondary N) is 6. The molecule has 29 heteroatoms. The molecule has 0 aliphatic heterocycles. The lowest BCUT2D eigenvalue weighted by Crippen LogP contribution is -2.53. The zero-order valence-electron chi connectivity index (χ0n) is 81.2. The number of rotatable bonds is 53. The second-order valence-electron chi connectivity index (χ2n) is 35.0. The normalized spacial score (nSPS) is 12.5. The zero-order valence-corrected chi connectivity index (χ0v) is 81.2. The standard InChI is InChI=1S/C36H47N5O5.C35H52N4O5.C33H49N5O5/c1-6-18-41(19-7-2)36(46)30-23-28(22-29(24-30)35(45)39(3)4)34(44)37-31(20-26-14-10-8-11-15-26)32(42)25-40(5)38-33(43)21-27-16-12-9-13-17-27;1-7-10-18-39(37-33(42)19-25(4)5)24-32(41)31(20-27-14-12-11-13-15-27)36-34(43)29-21-28(26(6)40)22-30(23-29)35(44)38(16-8-2)17-9-3;1-6-14-37(15-7-2)33(43)27-20-25(31(34)41)19-26(21-27)32(42)35-28(18-24-12-10-9-11-13-24)29(39)22-38(16-8-3)36-30(40)17-23(4)5/h8-17,22-24,31-32,42H,6-7,18-21,25H2,1-5H3,(H,37,44)(H,38,43);11-15,21-23,25,31-32,41H,7-10,16-20,24H2,1-6H3,(H,36,43)(H,37,42);9-13,19-21,23,28-29,39H,6-8,14-18,22H2,1-5H3,(H2,34,41)(H,35,42)(H,36,40). The molecule has 0 heterocycles.